The van der Waals surface area contributed by atoms with Crippen LogP contribution in [0.2, 0.25) is 18.1 Å². The monoisotopic (exact) mass is 354 g/mol. The maximum absolute atomic E-state index is 11.2. The molecule has 1 aliphatic carbocycles. The molecule has 0 radical (unpaired) electrons. The number of carbonyl (C=O) groups excluding carboxylic acids is 1. The van der Waals surface area contributed by atoms with Crippen molar-refractivity contribution in [1.29, 1.82) is 0 Å². The highest BCUT2D eigenvalue weighted by Gasteiger charge is 2.31. The van der Waals surface area contributed by atoms with E-state index in [9.17, 15) is 4.79 Å². The highest BCUT2D eigenvalue weighted by atomic mass is 28.4. The molecule has 0 bridgehead atoms. The van der Waals surface area contributed by atoms with Gasteiger partial charge in [0.25, 0.3) is 0 Å². The average molecular weight is 355 g/mol. The molecule has 0 aromatic carbocycles. The Bertz CT molecular complexity index is 369. The summed E-state index contributed by atoms with van der Waals surface area (Å²) in [5.41, 5.74) is 0. The third-order valence-electron chi connectivity index (χ3n) is 5.44. The fourth-order valence-corrected chi connectivity index (χ4v) is 6.45. The van der Waals surface area contributed by atoms with Crippen LogP contribution in [0.1, 0.15) is 79.1 Å². The zero-order chi connectivity index (χ0) is 17.8. The zero-order valence-corrected chi connectivity index (χ0v) is 17.3. The fraction of sp³-hybridized carbons (Fsp3) is 0.850. The number of ether oxygens (including phenoxy) is 1. The van der Waals surface area contributed by atoms with E-state index in [1.807, 2.05) is 0 Å². The Morgan fingerprint density at radius 2 is 1.62 bits per heavy atom. The highest BCUT2D eigenvalue weighted by molar-refractivity contribution is 6.73. The molecule has 0 amide bonds. The van der Waals surface area contributed by atoms with Crippen LogP contribution in [0.15, 0.2) is 12.2 Å². The fourth-order valence-electron chi connectivity index (χ4n) is 3.61. The molecule has 0 aliphatic heterocycles. The van der Waals surface area contributed by atoms with Gasteiger partial charge in [0.05, 0.1) is 6.10 Å². The minimum Gasteiger partial charge on any atom is -0.463 e. The minimum atomic E-state index is -1.55. The summed E-state index contributed by atoms with van der Waals surface area (Å²) < 4.78 is 12.1. The largest absolute Gasteiger partial charge is 0.463 e. The summed E-state index contributed by atoms with van der Waals surface area (Å²) in [5, 5.41) is 0. The summed E-state index contributed by atoms with van der Waals surface area (Å²) in [5.74, 6) is -0.151. The molecule has 1 aliphatic rings. The summed E-state index contributed by atoms with van der Waals surface area (Å²) in [6.45, 7) is 8.40. The molecule has 0 saturated carbocycles. The van der Waals surface area contributed by atoms with E-state index in [0.29, 0.717) is 0 Å². The van der Waals surface area contributed by atoms with E-state index in [2.05, 4.69) is 32.9 Å². The second-order valence-corrected chi connectivity index (χ2v) is 11.9. The second-order valence-electron chi connectivity index (χ2n) is 7.13. The first-order valence-corrected chi connectivity index (χ1v) is 12.6. The summed E-state index contributed by atoms with van der Waals surface area (Å²) in [6.07, 6.45) is 13.8. The van der Waals surface area contributed by atoms with E-state index in [1.54, 1.807) is 0 Å². The van der Waals surface area contributed by atoms with E-state index in [1.165, 1.54) is 44.3 Å². The lowest BCUT2D eigenvalue weighted by atomic mass is 10.0. The number of rotatable bonds is 6. The lowest BCUT2D eigenvalue weighted by Crippen LogP contribution is -2.39. The maximum atomic E-state index is 11.2. The van der Waals surface area contributed by atoms with Gasteiger partial charge in [-0.25, -0.2) is 0 Å². The highest BCUT2D eigenvalue weighted by Crippen LogP contribution is 2.26. The Balaban J connectivity index is 2.67. The molecule has 24 heavy (non-hydrogen) atoms. The van der Waals surface area contributed by atoms with Crippen LogP contribution in [0.3, 0.4) is 0 Å². The Labute approximate surface area is 150 Å². The van der Waals surface area contributed by atoms with Gasteiger partial charge in [-0.15, -0.1) is 0 Å². The lowest BCUT2D eigenvalue weighted by Gasteiger charge is -2.32. The summed E-state index contributed by atoms with van der Waals surface area (Å²) in [4.78, 5) is 11.2. The van der Waals surface area contributed by atoms with Gasteiger partial charge in [0.15, 0.2) is 8.32 Å². The van der Waals surface area contributed by atoms with E-state index >= 15 is 0 Å². The Morgan fingerprint density at radius 3 is 2.21 bits per heavy atom. The van der Waals surface area contributed by atoms with Gasteiger partial charge in [-0.2, -0.15) is 0 Å². The topological polar surface area (TPSA) is 35.5 Å². The molecular weight excluding hydrogens is 316 g/mol. The van der Waals surface area contributed by atoms with Crippen LogP contribution in [0.4, 0.5) is 0 Å². The van der Waals surface area contributed by atoms with Crippen molar-refractivity contribution in [2.75, 3.05) is 0 Å². The first-order chi connectivity index (χ1) is 11.5. The number of allylic oxidation sites excluding steroid dienone is 1. The summed E-state index contributed by atoms with van der Waals surface area (Å²) in [7, 11) is -1.55. The van der Waals surface area contributed by atoms with Crippen LogP contribution in [0.25, 0.3) is 0 Å². The molecule has 3 nitrogen and oxygen atoms in total. The molecule has 0 N–H and O–H groups in total. The molecule has 2 atom stereocenters. The van der Waals surface area contributed by atoms with Crippen molar-refractivity contribution in [3.05, 3.63) is 12.2 Å². The van der Waals surface area contributed by atoms with Crippen molar-refractivity contribution >= 4 is 14.3 Å². The van der Waals surface area contributed by atoms with Crippen LogP contribution in [-0.2, 0) is 14.0 Å². The number of esters is 1. The predicted molar refractivity (Wildman–Crippen MR) is 104 cm³/mol. The molecule has 1 rings (SSSR count). The van der Waals surface area contributed by atoms with Gasteiger partial charge in [0.1, 0.15) is 6.10 Å². The first kappa shape index (κ1) is 21.4. The molecule has 0 spiro atoms. The Morgan fingerprint density at radius 1 is 1.00 bits per heavy atom. The third-order valence-corrected chi connectivity index (χ3v) is 10.1. The molecule has 0 saturated heterocycles. The van der Waals surface area contributed by atoms with Gasteiger partial charge in [0.2, 0.25) is 0 Å². The van der Waals surface area contributed by atoms with Crippen molar-refractivity contribution in [1.82, 2.24) is 0 Å². The van der Waals surface area contributed by atoms with E-state index in [-0.39, 0.29) is 18.2 Å². The standard InChI is InChI=1S/C20H38O3Si/c1-5-24(6-2,7-3)23-20-16-11-9-8-10-14-19(22-18(4)21)15-12-13-17-20/h13,17,19-20H,5-12,14-16H2,1-4H3. The number of hydrogen-bond acceptors (Lipinski definition) is 3. The molecule has 140 valence electrons. The normalized spacial score (nSPS) is 24.0. The van der Waals surface area contributed by atoms with Crippen molar-refractivity contribution < 1.29 is 14.0 Å². The third kappa shape index (κ3) is 7.97. The van der Waals surface area contributed by atoms with Crippen molar-refractivity contribution in [2.24, 2.45) is 0 Å². The van der Waals surface area contributed by atoms with Crippen LogP contribution >= 0.6 is 0 Å². The summed E-state index contributed by atoms with van der Waals surface area (Å²) >= 11 is 0. The Kier molecular flexibility index (Phi) is 10.6. The van der Waals surface area contributed by atoms with Gasteiger partial charge < -0.3 is 9.16 Å². The molecule has 4 heteroatoms. The smallest absolute Gasteiger partial charge is 0.302 e. The molecule has 0 fully saturated rings. The van der Waals surface area contributed by atoms with Gasteiger partial charge in [-0.1, -0.05) is 52.2 Å². The first-order valence-electron chi connectivity index (χ1n) is 10.1. The van der Waals surface area contributed by atoms with Crippen LogP contribution in [0.5, 0.6) is 0 Å². The van der Waals surface area contributed by atoms with E-state index in [4.69, 9.17) is 9.16 Å². The van der Waals surface area contributed by atoms with Crippen LogP contribution < -0.4 is 0 Å². The van der Waals surface area contributed by atoms with Crippen LogP contribution in [-0.4, -0.2) is 26.5 Å². The zero-order valence-electron chi connectivity index (χ0n) is 16.3. The van der Waals surface area contributed by atoms with Gasteiger partial charge in [-0.05, 0) is 50.2 Å². The van der Waals surface area contributed by atoms with Crippen molar-refractivity contribution in [2.45, 2.75) is 109 Å². The lowest BCUT2D eigenvalue weighted by molar-refractivity contribution is -0.147. The Hall–Kier alpha value is -0.613. The van der Waals surface area contributed by atoms with Gasteiger partial charge >= 0.3 is 5.97 Å². The van der Waals surface area contributed by atoms with E-state index < -0.39 is 8.32 Å². The molecule has 0 heterocycles. The number of carbonyl (C=O) groups is 1. The van der Waals surface area contributed by atoms with Crippen molar-refractivity contribution in [3.63, 3.8) is 0 Å². The van der Waals surface area contributed by atoms with Crippen molar-refractivity contribution in [3.8, 4) is 0 Å². The van der Waals surface area contributed by atoms with Gasteiger partial charge in [-0.3, -0.25) is 4.79 Å². The second kappa shape index (κ2) is 11.9. The van der Waals surface area contributed by atoms with Crippen LogP contribution in [0, 0.1) is 0 Å². The van der Waals surface area contributed by atoms with E-state index in [0.717, 1.165) is 32.1 Å². The quantitative estimate of drug-likeness (QED) is 0.333. The summed E-state index contributed by atoms with van der Waals surface area (Å²) in [6, 6.07) is 3.62. The predicted octanol–water partition coefficient (Wildman–Crippen LogP) is 6.00. The number of hydrogen-bond donors (Lipinski definition) is 0. The average Bonchev–Trinajstić information content (AvgIpc) is 2.56. The molecule has 0 aromatic rings. The van der Waals surface area contributed by atoms with Gasteiger partial charge in [0, 0.05) is 6.92 Å². The molecular formula is C20H38O3Si. The SMILES string of the molecule is CC[Si](CC)(CC)OC1C=CCCC(OC(C)=O)CCCCCC1. The minimum absolute atomic E-state index is 0.0846. The maximum Gasteiger partial charge on any atom is 0.302 e. The molecule has 2 unspecified atom stereocenters. The molecule has 0 aromatic heterocycles.